The van der Waals surface area contributed by atoms with Crippen LogP contribution in [-0.2, 0) is 0 Å². The van der Waals surface area contributed by atoms with Gasteiger partial charge in [-0.15, -0.1) is 5.10 Å². The van der Waals surface area contributed by atoms with Crippen molar-refractivity contribution in [2.45, 2.75) is 0 Å². The van der Waals surface area contributed by atoms with Crippen molar-refractivity contribution in [2.24, 2.45) is 0 Å². The molecular weight excluding hydrogens is 252 g/mol. The molecule has 96 valence electrons. The molecule has 0 saturated carbocycles. The standard InChI is InChI=1S/C12H9F2N5/c1-15-11-7(13)6-8(14)12(16-11)19-10-5-3-2-4-9(10)17-18-19/h2-6H,1H3,(H,15,16). The van der Waals surface area contributed by atoms with Crippen LogP contribution < -0.4 is 5.32 Å². The lowest BCUT2D eigenvalue weighted by Crippen LogP contribution is -2.07. The first-order valence-electron chi connectivity index (χ1n) is 5.55. The van der Waals surface area contributed by atoms with E-state index in [1.807, 2.05) is 0 Å². The lowest BCUT2D eigenvalue weighted by Gasteiger charge is -2.06. The molecular formula is C12H9F2N5. The van der Waals surface area contributed by atoms with E-state index in [1.54, 1.807) is 24.3 Å². The first-order valence-corrected chi connectivity index (χ1v) is 5.55. The summed E-state index contributed by atoms with van der Waals surface area (Å²) < 4.78 is 28.5. The zero-order valence-electron chi connectivity index (χ0n) is 9.93. The summed E-state index contributed by atoms with van der Waals surface area (Å²) in [5.41, 5.74) is 1.21. The van der Waals surface area contributed by atoms with Crippen molar-refractivity contribution in [1.29, 1.82) is 0 Å². The Morgan fingerprint density at radius 3 is 2.74 bits per heavy atom. The molecule has 2 aromatic heterocycles. The van der Waals surface area contributed by atoms with E-state index in [-0.39, 0.29) is 11.6 Å². The fraction of sp³-hybridized carbons (Fsp3) is 0.0833. The Morgan fingerprint density at radius 1 is 1.16 bits per heavy atom. The average molecular weight is 261 g/mol. The smallest absolute Gasteiger partial charge is 0.194 e. The molecule has 0 aliphatic heterocycles. The Kier molecular flexibility index (Phi) is 2.59. The first kappa shape index (κ1) is 11.5. The maximum absolute atomic E-state index is 13.8. The number of hydrogen-bond acceptors (Lipinski definition) is 4. The number of nitrogens with zero attached hydrogens (tertiary/aromatic N) is 4. The summed E-state index contributed by atoms with van der Waals surface area (Å²) in [6, 6.07) is 7.83. The zero-order valence-corrected chi connectivity index (χ0v) is 9.93. The fourth-order valence-electron chi connectivity index (χ4n) is 1.81. The molecule has 0 unspecified atom stereocenters. The van der Waals surface area contributed by atoms with Crippen molar-refractivity contribution in [2.75, 3.05) is 12.4 Å². The number of nitrogens with one attached hydrogen (secondary N) is 1. The van der Waals surface area contributed by atoms with Gasteiger partial charge in [-0.05, 0) is 12.1 Å². The van der Waals surface area contributed by atoms with Gasteiger partial charge in [-0.25, -0.2) is 13.8 Å². The molecule has 1 aromatic carbocycles. The highest BCUT2D eigenvalue weighted by molar-refractivity contribution is 5.75. The number of rotatable bonds is 2. The van der Waals surface area contributed by atoms with Crippen molar-refractivity contribution >= 4 is 16.9 Å². The second kappa shape index (κ2) is 4.27. The lowest BCUT2D eigenvalue weighted by atomic mass is 10.3. The van der Waals surface area contributed by atoms with Crippen LogP contribution >= 0.6 is 0 Å². The average Bonchev–Trinajstić information content (AvgIpc) is 2.83. The second-order valence-corrected chi connectivity index (χ2v) is 3.86. The molecule has 3 aromatic rings. The monoisotopic (exact) mass is 261 g/mol. The van der Waals surface area contributed by atoms with Crippen molar-refractivity contribution in [3.63, 3.8) is 0 Å². The number of aromatic nitrogens is 4. The van der Waals surface area contributed by atoms with Gasteiger partial charge in [0.1, 0.15) is 5.52 Å². The van der Waals surface area contributed by atoms with Gasteiger partial charge in [0.05, 0.1) is 5.52 Å². The molecule has 0 aliphatic carbocycles. The molecule has 0 amide bonds. The molecule has 0 fully saturated rings. The summed E-state index contributed by atoms with van der Waals surface area (Å²) in [4.78, 5) is 3.88. The lowest BCUT2D eigenvalue weighted by molar-refractivity contribution is 0.563. The molecule has 0 aliphatic rings. The van der Waals surface area contributed by atoms with Gasteiger partial charge < -0.3 is 5.32 Å². The maximum atomic E-state index is 13.8. The van der Waals surface area contributed by atoms with Gasteiger partial charge in [0, 0.05) is 13.1 Å². The third-order valence-electron chi connectivity index (χ3n) is 2.70. The number of fused-ring (bicyclic) bond motifs is 1. The van der Waals surface area contributed by atoms with E-state index >= 15 is 0 Å². The first-order chi connectivity index (χ1) is 9.20. The predicted molar refractivity (Wildman–Crippen MR) is 66.1 cm³/mol. The number of para-hydroxylation sites is 1. The van der Waals surface area contributed by atoms with Crippen LogP contribution in [0.2, 0.25) is 0 Å². The van der Waals surface area contributed by atoms with Gasteiger partial charge in [-0.3, -0.25) is 0 Å². The van der Waals surface area contributed by atoms with Crippen molar-refractivity contribution < 1.29 is 8.78 Å². The Bertz CT molecular complexity index is 753. The van der Waals surface area contributed by atoms with Gasteiger partial charge in [-0.2, -0.15) is 4.68 Å². The van der Waals surface area contributed by atoms with Crippen LogP contribution in [0, 0.1) is 11.6 Å². The van der Waals surface area contributed by atoms with E-state index < -0.39 is 11.6 Å². The molecule has 3 rings (SSSR count). The predicted octanol–water partition coefficient (Wildman–Crippen LogP) is 2.14. The normalized spacial score (nSPS) is 10.9. The summed E-state index contributed by atoms with van der Waals surface area (Å²) in [6.45, 7) is 0. The molecule has 5 nitrogen and oxygen atoms in total. The molecule has 0 atom stereocenters. The highest BCUT2D eigenvalue weighted by atomic mass is 19.1. The van der Waals surface area contributed by atoms with Crippen LogP contribution in [0.1, 0.15) is 0 Å². The molecule has 0 spiro atoms. The van der Waals surface area contributed by atoms with Crippen LogP contribution in [0.15, 0.2) is 30.3 Å². The third-order valence-corrected chi connectivity index (χ3v) is 2.70. The minimum absolute atomic E-state index is 0.0454. The number of anilines is 1. The van der Waals surface area contributed by atoms with E-state index in [4.69, 9.17) is 0 Å². The van der Waals surface area contributed by atoms with Crippen LogP contribution in [0.5, 0.6) is 0 Å². The fourth-order valence-corrected chi connectivity index (χ4v) is 1.81. The van der Waals surface area contributed by atoms with Gasteiger partial charge in [-0.1, -0.05) is 17.3 Å². The topological polar surface area (TPSA) is 55.6 Å². The molecule has 7 heteroatoms. The molecule has 0 radical (unpaired) electrons. The van der Waals surface area contributed by atoms with Crippen LogP contribution in [0.25, 0.3) is 16.9 Å². The van der Waals surface area contributed by atoms with Gasteiger partial charge in [0.15, 0.2) is 23.3 Å². The van der Waals surface area contributed by atoms with E-state index in [0.717, 1.165) is 6.07 Å². The van der Waals surface area contributed by atoms with Crippen LogP contribution in [-0.4, -0.2) is 27.0 Å². The highest BCUT2D eigenvalue weighted by Gasteiger charge is 2.15. The number of pyridine rings is 1. The summed E-state index contributed by atoms with van der Waals surface area (Å²) in [5.74, 6) is -1.70. The highest BCUT2D eigenvalue weighted by Crippen LogP contribution is 2.20. The third kappa shape index (κ3) is 1.79. The molecule has 2 heterocycles. The Labute approximate surface area is 106 Å². The molecule has 0 saturated heterocycles. The van der Waals surface area contributed by atoms with Crippen molar-refractivity contribution in [3.8, 4) is 5.82 Å². The minimum Gasteiger partial charge on any atom is -0.371 e. The quantitative estimate of drug-likeness (QED) is 0.767. The number of hydrogen-bond donors (Lipinski definition) is 1. The van der Waals surface area contributed by atoms with Crippen LogP contribution in [0.4, 0.5) is 14.6 Å². The number of halogens is 2. The zero-order chi connectivity index (χ0) is 13.4. The van der Waals surface area contributed by atoms with E-state index in [0.29, 0.717) is 11.0 Å². The van der Waals surface area contributed by atoms with Crippen molar-refractivity contribution in [3.05, 3.63) is 42.0 Å². The van der Waals surface area contributed by atoms with E-state index in [1.165, 1.54) is 11.7 Å². The van der Waals surface area contributed by atoms with Gasteiger partial charge >= 0.3 is 0 Å². The number of benzene rings is 1. The summed E-state index contributed by atoms with van der Waals surface area (Å²) >= 11 is 0. The second-order valence-electron chi connectivity index (χ2n) is 3.86. The minimum atomic E-state index is -0.799. The van der Waals surface area contributed by atoms with Gasteiger partial charge in [0.25, 0.3) is 0 Å². The Morgan fingerprint density at radius 2 is 1.95 bits per heavy atom. The SMILES string of the molecule is CNc1nc(-n2nnc3ccccc32)c(F)cc1F. The van der Waals surface area contributed by atoms with E-state index in [9.17, 15) is 8.78 Å². The molecule has 19 heavy (non-hydrogen) atoms. The Hall–Kier alpha value is -2.57. The summed E-state index contributed by atoms with van der Waals surface area (Å²) in [5, 5.41) is 10.3. The summed E-state index contributed by atoms with van der Waals surface area (Å²) in [6.07, 6.45) is 0. The molecule has 0 bridgehead atoms. The van der Waals surface area contributed by atoms with Gasteiger partial charge in [0.2, 0.25) is 0 Å². The Balaban J connectivity index is 2.27. The van der Waals surface area contributed by atoms with Crippen LogP contribution in [0.3, 0.4) is 0 Å². The van der Waals surface area contributed by atoms with E-state index in [2.05, 4.69) is 20.6 Å². The van der Waals surface area contributed by atoms with Crippen molar-refractivity contribution in [1.82, 2.24) is 20.0 Å². The maximum Gasteiger partial charge on any atom is 0.194 e. The molecule has 1 N–H and O–H groups in total. The summed E-state index contributed by atoms with van der Waals surface area (Å²) in [7, 11) is 1.51. The largest absolute Gasteiger partial charge is 0.371 e.